The molecule has 1 aromatic carbocycles. The smallest absolute Gasteiger partial charge is 0.265 e. The Bertz CT molecular complexity index is 903. The van der Waals surface area contributed by atoms with Crippen LogP contribution in [0, 0.1) is 6.92 Å². The molecule has 0 unspecified atom stereocenters. The van der Waals surface area contributed by atoms with Gasteiger partial charge in [0.15, 0.2) is 12.4 Å². The molecule has 2 aromatic rings. The summed E-state index contributed by atoms with van der Waals surface area (Å²) >= 11 is 0. The highest BCUT2D eigenvalue weighted by atomic mass is 16.5. The number of aryl methyl sites for hydroxylation is 1. The molecule has 1 aliphatic rings. The van der Waals surface area contributed by atoms with Crippen LogP contribution < -0.4 is 15.0 Å². The van der Waals surface area contributed by atoms with Gasteiger partial charge < -0.3 is 19.5 Å². The molecule has 0 fully saturated rings. The van der Waals surface area contributed by atoms with Crippen LogP contribution in [-0.4, -0.2) is 54.0 Å². The number of hydrogen-bond acceptors (Lipinski definition) is 6. The van der Waals surface area contributed by atoms with E-state index in [1.54, 1.807) is 36.1 Å². The molecule has 3 amide bonds. The quantitative estimate of drug-likeness (QED) is 0.812. The van der Waals surface area contributed by atoms with Crippen molar-refractivity contribution in [2.24, 2.45) is 0 Å². The number of anilines is 2. The van der Waals surface area contributed by atoms with Gasteiger partial charge in [-0.3, -0.25) is 19.3 Å². The Labute approximate surface area is 162 Å². The molecule has 0 saturated carbocycles. The number of carbonyl (C=O) groups excluding carboxylic acids is 3. The number of benzene rings is 1. The molecule has 1 aromatic heterocycles. The van der Waals surface area contributed by atoms with Crippen LogP contribution in [0.3, 0.4) is 0 Å². The molecule has 9 nitrogen and oxygen atoms in total. The normalized spacial score (nSPS) is 13.0. The number of nitrogens with one attached hydrogen (secondary N) is 1. The fraction of sp³-hybridized carbons (Fsp3) is 0.368. The lowest BCUT2D eigenvalue weighted by Crippen LogP contribution is -2.43. The summed E-state index contributed by atoms with van der Waals surface area (Å²) in [4.78, 5) is 40.3. The van der Waals surface area contributed by atoms with Crippen LogP contribution in [0.5, 0.6) is 5.75 Å². The summed E-state index contributed by atoms with van der Waals surface area (Å²) in [6.45, 7) is 6.25. The lowest BCUT2D eigenvalue weighted by Gasteiger charge is -2.29. The fourth-order valence-electron chi connectivity index (χ4n) is 2.95. The second-order valence-electron chi connectivity index (χ2n) is 6.30. The predicted octanol–water partition coefficient (Wildman–Crippen LogP) is 1.83. The topological polar surface area (TPSA) is 105 Å². The summed E-state index contributed by atoms with van der Waals surface area (Å²) in [6, 6.07) is 6.46. The molecule has 0 atom stereocenters. The van der Waals surface area contributed by atoms with Gasteiger partial charge in [0.1, 0.15) is 18.1 Å². The van der Waals surface area contributed by atoms with E-state index in [2.05, 4.69) is 10.5 Å². The van der Waals surface area contributed by atoms with E-state index >= 15 is 0 Å². The van der Waals surface area contributed by atoms with Crippen LogP contribution in [0.15, 0.2) is 28.8 Å². The van der Waals surface area contributed by atoms with Gasteiger partial charge in [-0.15, -0.1) is 0 Å². The zero-order valence-corrected chi connectivity index (χ0v) is 16.0. The van der Waals surface area contributed by atoms with Gasteiger partial charge in [-0.2, -0.15) is 0 Å². The zero-order valence-electron chi connectivity index (χ0n) is 16.0. The van der Waals surface area contributed by atoms with Gasteiger partial charge in [-0.25, -0.2) is 0 Å². The number of ether oxygens (including phenoxy) is 1. The van der Waals surface area contributed by atoms with Crippen LogP contribution in [0.25, 0.3) is 0 Å². The number of fused-ring (bicyclic) bond motifs is 1. The summed E-state index contributed by atoms with van der Waals surface area (Å²) in [5.74, 6) is 0.326. The average molecular weight is 386 g/mol. The van der Waals surface area contributed by atoms with Crippen molar-refractivity contribution in [1.29, 1.82) is 0 Å². The summed E-state index contributed by atoms with van der Waals surface area (Å²) in [5.41, 5.74) is 0.819. The first-order chi connectivity index (χ1) is 13.4. The maximum Gasteiger partial charge on any atom is 0.265 e. The van der Waals surface area contributed by atoms with Crippen LogP contribution in [0.2, 0.25) is 0 Å². The van der Waals surface area contributed by atoms with Crippen molar-refractivity contribution in [3.8, 4) is 5.75 Å². The molecule has 28 heavy (non-hydrogen) atoms. The van der Waals surface area contributed by atoms with E-state index in [0.29, 0.717) is 35.9 Å². The molecule has 3 rings (SSSR count). The van der Waals surface area contributed by atoms with Gasteiger partial charge in [0.05, 0.1) is 5.69 Å². The van der Waals surface area contributed by atoms with Gasteiger partial charge in [0.25, 0.3) is 11.8 Å². The molecule has 0 aliphatic carbocycles. The van der Waals surface area contributed by atoms with E-state index in [4.69, 9.17) is 9.26 Å². The number of carbonyl (C=O) groups is 3. The molecule has 1 aliphatic heterocycles. The van der Waals surface area contributed by atoms with Crippen molar-refractivity contribution < 1.29 is 23.6 Å². The molecule has 1 N–H and O–H groups in total. The molecular weight excluding hydrogens is 364 g/mol. The second kappa shape index (κ2) is 8.12. The minimum Gasteiger partial charge on any atom is -0.482 e. The molecular formula is C19H22N4O5. The number of hydrogen-bond donors (Lipinski definition) is 1. The average Bonchev–Trinajstić information content (AvgIpc) is 3.09. The third-order valence-electron chi connectivity index (χ3n) is 4.40. The second-order valence-corrected chi connectivity index (χ2v) is 6.30. The number of rotatable bonds is 6. The maximum absolute atomic E-state index is 12.6. The molecule has 0 bridgehead atoms. The Morgan fingerprint density at radius 1 is 1.25 bits per heavy atom. The predicted molar refractivity (Wildman–Crippen MR) is 101 cm³/mol. The first kappa shape index (κ1) is 19.4. The molecule has 0 radical (unpaired) electrons. The van der Waals surface area contributed by atoms with Gasteiger partial charge in [0.2, 0.25) is 5.91 Å². The Morgan fingerprint density at radius 3 is 2.64 bits per heavy atom. The van der Waals surface area contributed by atoms with Crippen molar-refractivity contribution in [1.82, 2.24) is 10.1 Å². The van der Waals surface area contributed by atoms with E-state index in [1.165, 1.54) is 4.90 Å². The monoisotopic (exact) mass is 386 g/mol. The van der Waals surface area contributed by atoms with E-state index in [1.807, 2.05) is 13.8 Å². The SMILES string of the molecule is CCN(CC)C(=O)c1ccc2c(c1)N(CC(=O)Nc1cc(C)on1)C(=O)CO2. The van der Waals surface area contributed by atoms with Crippen molar-refractivity contribution in [2.45, 2.75) is 20.8 Å². The summed E-state index contributed by atoms with van der Waals surface area (Å²) in [5, 5.41) is 6.28. The summed E-state index contributed by atoms with van der Waals surface area (Å²) in [7, 11) is 0. The number of nitrogens with zero attached hydrogens (tertiary/aromatic N) is 3. The minimum absolute atomic E-state index is 0.145. The molecule has 0 saturated heterocycles. The highest BCUT2D eigenvalue weighted by molar-refractivity contribution is 6.06. The van der Waals surface area contributed by atoms with E-state index in [9.17, 15) is 14.4 Å². The van der Waals surface area contributed by atoms with Crippen molar-refractivity contribution >= 4 is 29.2 Å². The Balaban J connectivity index is 1.83. The summed E-state index contributed by atoms with van der Waals surface area (Å²) in [6.07, 6.45) is 0. The standard InChI is InChI=1S/C19H22N4O5/c1-4-22(5-2)19(26)13-6-7-15-14(9-13)23(18(25)11-27-15)10-17(24)20-16-8-12(3)28-21-16/h6-9H,4-5,10-11H2,1-3H3,(H,20,21,24). The van der Waals surface area contributed by atoms with E-state index in [0.717, 1.165) is 0 Å². The molecule has 148 valence electrons. The van der Waals surface area contributed by atoms with E-state index < -0.39 is 5.91 Å². The van der Waals surface area contributed by atoms with Crippen LogP contribution in [-0.2, 0) is 9.59 Å². The number of amides is 3. The van der Waals surface area contributed by atoms with Crippen LogP contribution in [0.4, 0.5) is 11.5 Å². The first-order valence-electron chi connectivity index (χ1n) is 9.02. The zero-order chi connectivity index (χ0) is 20.3. The highest BCUT2D eigenvalue weighted by Crippen LogP contribution is 2.33. The molecule has 2 heterocycles. The molecule has 0 spiro atoms. The van der Waals surface area contributed by atoms with Crippen molar-refractivity contribution in [3.63, 3.8) is 0 Å². The lowest BCUT2D eigenvalue weighted by atomic mass is 10.1. The van der Waals surface area contributed by atoms with Crippen molar-refractivity contribution in [2.75, 3.05) is 36.5 Å². The van der Waals surface area contributed by atoms with E-state index in [-0.39, 0.29) is 30.8 Å². The largest absolute Gasteiger partial charge is 0.482 e. The van der Waals surface area contributed by atoms with Gasteiger partial charge in [0, 0.05) is 24.7 Å². The number of aromatic nitrogens is 1. The highest BCUT2D eigenvalue weighted by Gasteiger charge is 2.29. The Hall–Kier alpha value is -3.36. The first-order valence-corrected chi connectivity index (χ1v) is 9.02. The van der Waals surface area contributed by atoms with Gasteiger partial charge in [-0.1, -0.05) is 5.16 Å². The lowest BCUT2D eigenvalue weighted by molar-refractivity contribution is -0.123. The van der Waals surface area contributed by atoms with Crippen LogP contribution in [0.1, 0.15) is 30.0 Å². The summed E-state index contributed by atoms with van der Waals surface area (Å²) < 4.78 is 10.4. The third-order valence-corrected chi connectivity index (χ3v) is 4.40. The van der Waals surface area contributed by atoms with Crippen molar-refractivity contribution in [3.05, 3.63) is 35.6 Å². The van der Waals surface area contributed by atoms with Gasteiger partial charge in [-0.05, 0) is 39.0 Å². The molecule has 9 heteroatoms. The Morgan fingerprint density at radius 2 is 2.00 bits per heavy atom. The maximum atomic E-state index is 12.6. The third kappa shape index (κ3) is 3.98. The fourth-order valence-corrected chi connectivity index (χ4v) is 2.95. The van der Waals surface area contributed by atoms with Gasteiger partial charge >= 0.3 is 0 Å². The van der Waals surface area contributed by atoms with Crippen LogP contribution >= 0.6 is 0 Å². The Kier molecular flexibility index (Phi) is 5.62. The minimum atomic E-state index is -0.435.